The topological polar surface area (TPSA) is 32.7 Å². The maximum Gasteiger partial charge on any atom is 0.122 e. The van der Waals surface area contributed by atoms with Crippen LogP contribution in [0.1, 0.15) is 23.1 Å². The van der Waals surface area contributed by atoms with Crippen LogP contribution in [-0.2, 0) is 17.8 Å². The Morgan fingerprint density at radius 1 is 1.04 bits per heavy atom. The molecule has 2 aromatic carbocycles. The number of fused-ring (bicyclic) bond motifs is 1. The molecule has 2 aromatic rings. The number of phenolic OH excluding ortho intramolecular Hbond substituents is 1. The molecular weight excluding hydrogens is 286 g/mol. The third kappa shape index (κ3) is 5.80. The van der Waals surface area contributed by atoms with Crippen molar-refractivity contribution in [3.05, 3.63) is 71.5 Å². The number of hydrogen-bond donors (Lipinski definition) is 1. The number of aryl methyl sites for hydroxylation is 1. The van der Waals surface area contributed by atoms with E-state index >= 15 is 0 Å². The summed E-state index contributed by atoms with van der Waals surface area (Å²) >= 11 is 0. The molecule has 122 valence electrons. The van der Waals surface area contributed by atoms with Crippen molar-refractivity contribution < 1.29 is 9.84 Å². The fraction of sp³-hybridized carbons (Fsp3) is 0.300. The Labute approximate surface area is 138 Å². The van der Waals surface area contributed by atoms with E-state index in [4.69, 9.17) is 4.74 Å². The lowest BCUT2D eigenvalue weighted by Gasteiger charge is -2.11. The van der Waals surface area contributed by atoms with Crippen LogP contribution in [0.3, 0.4) is 0 Å². The molecule has 0 bridgehead atoms. The quantitative estimate of drug-likeness (QED) is 0.923. The summed E-state index contributed by atoms with van der Waals surface area (Å²) in [6, 6.07) is 16.1. The van der Waals surface area contributed by atoms with Crippen molar-refractivity contribution in [2.24, 2.45) is 0 Å². The minimum atomic E-state index is 0.312. The van der Waals surface area contributed by atoms with E-state index in [0.717, 1.165) is 11.1 Å². The van der Waals surface area contributed by atoms with Gasteiger partial charge in [-0.2, -0.15) is 0 Å². The Bertz CT molecular complexity index is 621. The molecule has 1 aliphatic heterocycles. The van der Waals surface area contributed by atoms with Crippen molar-refractivity contribution in [3.63, 3.8) is 0 Å². The van der Waals surface area contributed by atoms with E-state index in [-0.39, 0.29) is 0 Å². The van der Waals surface area contributed by atoms with Gasteiger partial charge in [0, 0.05) is 5.56 Å². The fourth-order valence-corrected chi connectivity index (χ4v) is 2.40. The molecule has 3 nitrogen and oxygen atoms in total. The largest absolute Gasteiger partial charge is 0.508 e. The average Bonchev–Trinajstić information content (AvgIpc) is 2.57. The van der Waals surface area contributed by atoms with Crippen LogP contribution in [0.4, 0.5) is 0 Å². The van der Waals surface area contributed by atoms with Crippen molar-refractivity contribution in [3.8, 4) is 5.75 Å². The molecule has 1 aliphatic rings. The van der Waals surface area contributed by atoms with Crippen molar-refractivity contribution in [2.75, 3.05) is 20.6 Å². The van der Waals surface area contributed by atoms with E-state index in [1.165, 1.54) is 24.9 Å². The molecule has 23 heavy (non-hydrogen) atoms. The van der Waals surface area contributed by atoms with Gasteiger partial charge in [0.25, 0.3) is 0 Å². The van der Waals surface area contributed by atoms with E-state index in [9.17, 15) is 5.11 Å². The standard InChI is InChI=1S/C11H17N.C9H8O2/c1-12(2)10-6-9-11-7-4-3-5-8-11;10-9-3-1-2-7-4-5-11-6-8(7)9/h3-5,7-8H,6,9-10H2,1-2H3;1-5,10H,6H2. The lowest BCUT2D eigenvalue weighted by molar-refractivity contribution is 0.230. The van der Waals surface area contributed by atoms with Crippen molar-refractivity contribution in [1.29, 1.82) is 0 Å². The normalized spacial score (nSPS) is 12.1. The van der Waals surface area contributed by atoms with Crippen molar-refractivity contribution in [1.82, 2.24) is 4.90 Å². The smallest absolute Gasteiger partial charge is 0.122 e. The van der Waals surface area contributed by atoms with Crippen LogP contribution in [0.25, 0.3) is 6.08 Å². The lowest BCUT2D eigenvalue weighted by Crippen LogP contribution is -2.13. The highest BCUT2D eigenvalue weighted by molar-refractivity contribution is 5.58. The summed E-state index contributed by atoms with van der Waals surface area (Å²) in [5, 5.41) is 9.34. The highest BCUT2D eigenvalue weighted by Gasteiger charge is 2.07. The van der Waals surface area contributed by atoms with Gasteiger partial charge in [-0.25, -0.2) is 0 Å². The number of hydrogen-bond acceptors (Lipinski definition) is 3. The van der Waals surface area contributed by atoms with Gasteiger partial charge in [0.05, 0.1) is 6.26 Å². The number of rotatable bonds is 4. The van der Waals surface area contributed by atoms with Crippen molar-refractivity contribution in [2.45, 2.75) is 19.4 Å². The molecule has 0 fully saturated rings. The first-order valence-electron chi connectivity index (χ1n) is 7.94. The SMILES string of the molecule is CN(C)CCCc1ccccc1.Oc1cccc2c1COC=C2. The third-order valence-electron chi connectivity index (χ3n) is 3.67. The van der Waals surface area contributed by atoms with Crippen LogP contribution < -0.4 is 0 Å². The van der Waals surface area contributed by atoms with Gasteiger partial charge in [0.15, 0.2) is 0 Å². The van der Waals surface area contributed by atoms with Crippen molar-refractivity contribution >= 4 is 6.08 Å². The number of aromatic hydroxyl groups is 1. The predicted molar refractivity (Wildman–Crippen MR) is 95.2 cm³/mol. The molecule has 0 saturated heterocycles. The fourth-order valence-electron chi connectivity index (χ4n) is 2.40. The Morgan fingerprint density at radius 2 is 1.83 bits per heavy atom. The van der Waals surface area contributed by atoms with Crippen LogP contribution in [0.2, 0.25) is 0 Å². The van der Waals surface area contributed by atoms with Gasteiger partial charge in [-0.05, 0) is 56.8 Å². The third-order valence-corrected chi connectivity index (χ3v) is 3.67. The zero-order valence-electron chi connectivity index (χ0n) is 13.9. The second-order valence-electron chi connectivity index (χ2n) is 5.85. The molecule has 3 heteroatoms. The van der Waals surface area contributed by atoms with Gasteiger partial charge in [0.1, 0.15) is 12.4 Å². The van der Waals surface area contributed by atoms with Crippen LogP contribution in [-0.4, -0.2) is 30.6 Å². The molecule has 1 N–H and O–H groups in total. The minimum absolute atomic E-state index is 0.312. The molecule has 0 amide bonds. The van der Waals surface area contributed by atoms with E-state index < -0.39 is 0 Å². The van der Waals surface area contributed by atoms with Gasteiger partial charge < -0.3 is 14.7 Å². The van der Waals surface area contributed by atoms with E-state index in [0.29, 0.717) is 12.4 Å². The molecule has 3 rings (SSSR count). The number of phenols is 1. The summed E-state index contributed by atoms with van der Waals surface area (Å²) in [7, 11) is 4.23. The molecule has 0 atom stereocenters. The Morgan fingerprint density at radius 3 is 2.52 bits per heavy atom. The highest BCUT2D eigenvalue weighted by Crippen LogP contribution is 2.25. The van der Waals surface area contributed by atoms with Crippen LogP contribution in [0, 0.1) is 0 Å². The summed E-state index contributed by atoms with van der Waals surface area (Å²) in [4.78, 5) is 2.23. The maximum atomic E-state index is 9.34. The van der Waals surface area contributed by atoms with Gasteiger partial charge in [-0.3, -0.25) is 0 Å². The second-order valence-corrected chi connectivity index (χ2v) is 5.85. The molecule has 0 aromatic heterocycles. The Hall–Kier alpha value is -2.26. The number of nitrogens with zero attached hydrogens (tertiary/aromatic N) is 1. The van der Waals surface area contributed by atoms with Gasteiger partial charge in [0.2, 0.25) is 0 Å². The van der Waals surface area contributed by atoms with E-state index in [2.05, 4.69) is 49.3 Å². The molecule has 0 saturated carbocycles. The first kappa shape index (κ1) is 17.1. The predicted octanol–water partition coefficient (Wildman–Crippen LogP) is 4.07. The van der Waals surface area contributed by atoms with Gasteiger partial charge in [-0.15, -0.1) is 0 Å². The summed E-state index contributed by atoms with van der Waals surface area (Å²) < 4.78 is 5.04. The Balaban J connectivity index is 0.000000167. The zero-order valence-corrected chi connectivity index (χ0v) is 13.9. The second kappa shape index (κ2) is 9.01. The van der Waals surface area contributed by atoms with Gasteiger partial charge >= 0.3 is 0 Å². The molecule has 0 unspecified atom stereocenters. The molecule has 0 radical (unpaired) electrons. The lowest BCUT2D eigenvalue weighted by atomic mass is 10.1. The summed E-state index contributed by atoms with van der Waals surface area (Å²) in [5.41, 5.74) is 3.35. The average molecular weight is 311 g/mol. The minimum Gasteiger partial charge on any atom is -0.508 e. The van der Waals surface area contributed by atoms with Crippen LogP contribution >= 0.6 is 0 Å². The number of ether oxygens (including phenoxy) is 1. The molecular formula is C20H25NO2. The van der Waals surface area contributed by atoms with Crippen LogP contribution in [0.5, 0.6) is 5.75 Å². The monoisotopic (exact) mass is 311 g/mol. The van der Waals surface area contributed by atoms with Crippen LogP contribution in [0.15, 0.2) is 54.8 Å². The number of benzene rings is 2. The molecule has 0 spiro atoms. The molecule has 0 aliphatic carbocycles. The zero-order chi connectivity index (χ0) is 16.5. The maximum absolute atomic E-state index is 9.34. The van der Waals surface area contributed by atoms with E-state index in [1.54, 1.807) is 12.3 Å². The summed E-state index contributed by atoms with van der Waals surface area (Å²) in [6.45, 7) is 1.65. The van der Waals surface area contributed by atoms with Gasteiger partial charge in [-0.1, -0.05) is 42.5 Å². The summed E-state index contributed by atoms with van der Waals surface area (Å²) in [5.74, 6) is 0.312. The van der Waals surface area contributed by atoms with E-state index in [1.807, 2.05) is 18.2 Å². The first-order valence-corrected chi connectivity index (χ1v) is 7.94. The molecule has 1 heterocycles. The highest BCUT2D eigenvalue weighted by atomic mass is 16.5. The first-order chi connectivity index (χ1) is 11.2. The summed E-state index contributed by atoms with van der Waals surface area (Å²) in [6.07, 6.45) is 5.93. The Kier molecular flexibility index (Phi) is 6.70.